The quantitative estimate of drug-likeness (QED) is 0.620. The number of H-pyrrole nitrogens is 1. The van der Waals surface area contributed by atoms with E-state index in [1.165, 1.54) is 6.20 Å². The van der Waals surface area contributed by atoms with E-state index in [1.54, 1.807) is 5.01 Å². The van der Waals surface area contributed by atoms with Gasteiger partial charge in [0.15, 0.2) is 4.87 Å². The zero-order valence-electron chi connectivity index (χ0n) is 7.45. The second kappa shape index (κ2) is 3.04. The molecule has 0 fully saturated rings. The van der Waals surface area contributed by atoms with Crippen molar-refractivity contribution in [1.29, 1.82) is 0 Å². The van der Waals surface area contributed by atoms with E-state index in [0.29, 0.717) is 24.6 Å². The van der Waals surface area contributed by atoms with Gasteiger partial charge in [0.05, 0.1) is 18.0 Å². The van der Waals surface area contributed by atoms with Crippen LogP contribution in [0.25, 0.3) is 0 Å². The highest BCUT2D eigenvalue weighted by Gasteiger charge is 2.30. The number of nitroso groups, excluding NO2 is 1. The largest absolute Gasteiger partial charge is 0.363 e. The number of nitrogens with one attached hydrogen (secondary N) is 2. The maximum Gasteiger partial charge on any atom is 0.353 e. The van der Waals surface area contributed by atoms with Gasteiger partial charge < -0.3 is 5.32 Å². The smallest absolute Gasteiger partial charge is 0.353 e. The van der Waals surface area contributed by atoms with Crippen LogP contribution in [0.15, 0.2) is 6.20 Å². The van der Waals surface area contributed by atoms with E-state index in [9.17, 15) is 4.91 Å². The van der Waals surface area contributed by atoms with Gasteiger partial charge in [0, 0.05) is 6.54 Å². The SMILES string of the molecule is CCN1CCNc2[nH]ncc2[N+]1=O. The van der Waals surface area contributed by atoms with Crippen LogP contribution in [-0.2, 0) is 0 Å². The van der Waals surface area contributed by atoms with Gasteiger partial charge in [-0.05, 0) is 6.92 Å². The van der Waals surface area contributed by atoms with Crippen molar-refractivity contribution in [2.45, 2.75) is 6.92 Å². The van der Waals surface area contributed by atoms with Crippen LogP contribution in [-0.4, -0.2) is 39.7 Å². The van der Waals surface area contributed by atoms with Crippen molar-refractivity contribution in [3.63, 3.8) is 0 Å². The van der Waals surface area contributed by atoms with Crippen molar-refractivity contribution in [2.24, 2.45) is 0 Å². The number of hydrogen-bond donors (Lipinski definition) is 2. The summed E-state index contributed by atoms with van der Waals surface area (Å²) >= 11 is 0. The van der Waals surface area contributed by atoms with E-state index >= 15 is 0 Å². The van der Waals surface area contributed by atoms with Crippen LogP contribution in [0.1, 0.15) is 6.92 Å². The Kier molecular flexibility index (Phi) is 1.88. The minimum atomic E-state index is 0.555. The Morgan fingerprint density at radius 1 is 1.77 bits per heavy atom. The fraction of sp³-hybridized carbons (Fsp3) is 0.571. The molecule has 1 aliphatic heterocycles. The second-order valence-electron chi connectivity index (χ2n) is 2.88. The molecular weight excluding hydrogens is 170 g/mol. The first-order valence-electron chi connectivity index (χ1n) is 4.32. The minimum Gasteiger partial charge on any atom is -0.363 e. The number of hydrogen-bond acceptors (Lipinski definition) is 3. The number of fused-ring (bicyclic) bond motifs is 1. The van der Waals surface area contributed by atoms with Crippen LogP contribution >= 0.6 is 0 Å². The van der Waals surface area contributed by atoms with E-state index in [1.807, 2.05) is 6.92 Å². The molecular formula is C7H12N5O+. The molecule has 2 heterocycles. The van der Waals surface area contributed by atoms with E-state index < -0.39 is 0 Å². The average Bonchev–Trinajstić information content (AvgIpc) is 2.54. The zero-order chi connectivity index (χ0) is 9.26. The lowest BCUT2D eigenvalue weighted by molar-refractivity contribution is -0.638. The Balaban J connectivity index is 2.34. The van der Waals surface area contributed by atoms with Gasteiger partial charge in [-0.15, -0.1) is 5.01 Å². The molecule has 6 nitrogen and oxygen atoms in total. The summed E-state index contributed by atoms with van der Waals surface area (Å²) in [5.41, 5.74) is 0.555. The molecule has 0 aliphatic carbocycles. The summed E-state index contributed by atoms with van der Waals surface area (Å²) in [5, 5.41) is 11.4. The molecule has 0 atom stereocenters. The Bertz CT molecular complexity index is 320. The lowest BCUT2D eigenvalue weighted by Crippen LogP contribution is -2.32. The van der Waals surface area contributed by atoms with Crippen molar-refractivity contribution in [2.75, 3.05) is 25.0 Å². The molecule has 1 aromatic heterocycles. The number of hydrazine groups is 1. The van der Waals surface area contributed by atoms with Crippen LogP contribution in [0, 0.1) is 4.91 Å². The Hall–Kier alpha value is -1.59. The van der Waals surface area contributed by atoms with E-state index in [2.05, 4.69) is 15.5 Å². The third kappa shape index (κ3) is 1.24. The van der Waals surface area contributed by atoms with Gasteiger partial charge in [-0.2, -0.15) is 5.10 Å². The number of rotatable bonds is 1. The maximum absolute atomic E-state index is 11.7. The first kappa shape index (κ1) is 8.03. The number of aromatic amines is 1. The van der Waals surface area contributed by atoms with Gasteiger partial charge in [0.1, 0.15) is 6.20 Å². The van der Waals surface area contributed by atoms with Gasteiger partial charge in [-0.25, -0.2) is 0 Å². The molecule has 6 heteroatoms. The summed E-state index contributed by atoms with van der Waals surface area (Å²) in [6, 6.07) is 0. The molecule has 1 aliphatic rings. The molecule has 0 amide bonds. The Morgan fingerprint density at radius 2 is 2.62 bits per heavy atom. The van der Waals surface area contributed by atoms with Crippen molar-refractivity contribution < 1.29 is 4.87 Å². The highest BCUT2D eigenvalue weighted by molar-refractivity contribution is 5.54. The molecule has 13 heavy (non-hydrogen) atoms. The molecule has 2 N–H and O–H groups in total. The van der Waals surface area contributed by atoms with Crippen molar-refractivity contribution in [3.8, 4) is 0 Å². The molecule has 0 saturated heterocycles. The lowest BCUT2D eigenvalue weighted by atomic mass is 10.5. The number of nitrogens with zero attached hydrogens (tertiary/aromatic N) is 3. The molecule has 0 radical (unpaired) electrons. The van der Waals surface area contributed by atoms with Crippen LogP contribution in [0.4, 0.5) is 11.5 Å². The van der Waals surface area contributed by atoms with Gasteiger partial charge in [0.25, 0.3) is 0 Å². The Morgan fingerprint density at radius 3 is 3.38 bits per heavy atom. The van der Waals surface area contributed by atoms with Crippen LogP contribution in [0.2, 0.25) is 0 Å². The maximum atomic E-state index is 11.7. The number of aromatic nitrogens is 2. The number of anilines is 1. The van der Waals surface area contributed by atoms with Crippen molar-refractivity contribution in [3.05, 3.63) is 11.1 Å². The summed E-state index contributed by atoms with van der Waals surface area (Å²) in [7, 11) is 0. The van der Waals surface area contributed by atoms with Crippen LogP contribution in [0.5, 0.6) is 0 Å². The first-order valence-corrected chi connectivity index (χ1v) is 4.32. The molecule has 2 rings (SSSR count). The average molecular weight is 182 g/mol. The topological polar surface area (TPSA) is 64.0 Å². The fourth-order valence-corrected chi connectivity index (χ4v) is 1.39. The standard InChI is InChI=1S/C7H12N5O/c1-2-11-4-3-8-7-6(12(11)13)5-9-10-7/h5H,2-4H2,1H3,(H2,8,9,10)/q+1. The third-order valence-electron chi connectivity index (χ3n) is 2.12. The van der Waals surface area contributed by atoms with Gasteiger partial charge >= 0.3 is 5.69 Å². The van der Waals surface area contributed by atoms with Gasteiger partial charge in [-0.3, -0.25) is 5.10 Å². The first-order chi connectivity index (χ1) is 6.33. The molecule has 0 unspecified atom stereocenters. The van der Waals surface area contributed by atoms with Crippen LogP contribution in [0.3, 0.4) is 0 Å². The van der Waals surface area contributed by atoms with E-state index in [4.69, 9.17) is 0 Å². The normalized spacial score (nSPS) is 16.4. The predicted molar refractivity (Wildman–Crippen MR) is 47.6 cm³/mol. The summed E-state index contributed by atoms with van der Waals surface area (Å²) < 4.78 is 0. The lowest BCUT2D eigenvalue weighted by Gasteiger charge is -2.07. The molecule has 0 saturated carbocycles. The van der Waals surface area contributed by atoms with Crippen LogP contribution < -0.4 is 5.32 Å². The van der Waals surface area contributed by atoms with E-state index in [0.717, 1.165) is 11.4 Å². The fourth-order valence-electron chi connectivity index (χ4n) is 1.39. The van der Waals surface area contributed by atoms with Crippen molar-refractivity contribution in [1.82, 2.24) is 15.2 Å². The molecule has 0 bridgehead atoms. The molecule has 70 valence electrons. The summed E-state index contributed by atoms with van der Waals surface area (Å²) in [5.74, 6) is 0.700. The van der Waals surface area contributed by atoms with Gasteiger partial charge in [0.2, 0.25) is 5.82 Å². The van der Waals surface area contributed by atoms with Gasteiger partial charge in [-0.1, -0.05) is 0 Å². The highest BCUT2D eigenvalue weighted by atomic mass is 16.3. The molecule has 0 aromatic carbocycles. The summed E-state index contributed by atoms with van der Waals surface area (Å²) in [6.07, 6.45) is 1.53. The van der Waals surface area contributed by atoms with E-state index in [-0.39, 0.29) is 0 Å². The second-order valence-corrected chi connectivity index (χ2v) is 2.88. The Labute approximate surface area is 75.5 Å². The minimum absolute atomic E-state index is 0.555. The molecule has 0 spiro atoms. The zero-order valence-corrected chi connectivity index (χ0v) is 7.45. The third-order valence-corrected chi connectivity index (χ3v) is 2.12. The highest BCUT2D eigenvalue weighted by Crippen LogP contribution is 2.23. The predicted octanol–water partition coefficient (Wildman–Crippen LogP) is 0.482. The summed E-state index contributed by atoms with van der Waals surface area (Å²) in [6.45, 7) is 4.12. The van der Waals surface area contributed by atoms with Crippen molar-refractivity contribution >= 4 is 11.5 Å². The monoisotopic (exact) mass is 182 g/mol. The number of likely N-dealkylation sites (N-methyl/N-ethyl adjacent to an activating group) is 1. The molecule has 1 aromatic rings. The summed E-state index contributed by atoms with van der Waals surface area (Å²) in [4.78, 5) is 12.6.